The number of hydrogen-bond donors (Lipinski definition) is 2. The maximum absolute atomic E-state index is 12.2. The van der Waals surface area contributed by atoms with Crippen LogP contribution in [0.4, 0.5) is 4.79 Å². The van der Waals surface area contributed by atoms with Gasteiger partial charge in [0.05, 0.1) is 12.2 Å². The molecule has 2 aliphatic rings. The number of nitrogens with zero attached hydrogens (tertiary/aromatic N) is 1. The van der Waals surface area contributed by atoms with Crippen LogP contribution < -0.4 is 0 Å². The third kappa shape index (κ3) is 3.48. The van der Waals surface area contributed by atoms with E-state index in [0.29, 0.717) is 31.7 Å². The van der Waals surface area contributed by atoms with Crippen molar-refractivity contribution in [2.75, 3.05) is 31.2 Å². The van der Waals surface area contributed by atoms with Crippen LogP contribution in [0.15, 0.2) is 0 Å². The molecule has 2 saturated heterocycles. The van der Waals surface area contributed by atoms with Gasteiger partial charge in [-0.25, -0.2) is 4.79 Å². The van der Waals surface area contributed by atoms with Crippen LogP contribution in [0, 0.1) is 5.41 Å². The normalized spacial score (nSPS) is 34.0. The van der Waals surface area contributed by atoms with Crippen LogP contribution in [0.5, 0.6) is 0 Å². The summed E-state index contributed by atoms with van der Waals surface area (Å²) in [6.45, 7) is 6.32. The van der Waals surface area contributed by atoms with E-state index >= 15 is 0 Å². The van der Waals surface area contributed by atoms with Crippen molar-refractivity contribution < 1.29 is 19.7 Å². The summed E-state index contributed by atoms with van der Waals surface area (Å²) >= 11 is 1.73. The first kappa shape index (κ1) is 16.9. The molecule has 0 saturated carbocycles. The molecule has 2 heterocycles. The molecule has 0 aromatic heterocycles. The lowest BCUT2D eigenvalue weighted by molar-refractivity contribution is -0.0940. The molecule has 2 atom stereocenters. The summed E-state index contributed by atoms with van der Waals surface area (Å²) in [5.74, 6) is 1.69. The van der Waals surface area contributed by atoms with E-state index in [-0.39, 0.29) is 12.7 Å². The van der Waals surface area contributed by atoms with Crippen LogP contribution in [0.25, 0.3) is 0 Å². The third-order valence-corrected chi connectivity index (χ3v) is 5.77. The molecule has 2 unspecified atom stereocenters. The summed E-state index contributed by atoms with van der Waals surface area (Å²) in [6.07, 6.45) is 1.92. The van der Waals surface area contributed by atoms with Crippen molar-refractivity contribution in [3.05, 3.63) is 0 Å². The minimum Gasteiger partial charge on any atom is -0.444 e. The Kier molecular flexibility index (Phi) is 4.81. The Balaban J connectivity index is 2.08. The smallest absolute Gasteiger partial charge is 0.410 e. The summed E-state index contributed by atoms with van der Waals surface area (Å²) in [5, 5.41) is 20.9. The van der Waals surface area contributed by atoms with Crippen LogP contribution in [-0.2, 0) is 4.74 Å². The predicted octanol–water partition coefficient (Wildman–Crippen LogP) is 1.86. The second-order valence-electron chi connectivity index (χ2n) is 7.28. The number of aliphatic hydroxyl groups is 2. The fourth-order valence-electron chi connectivity index (χ4n) is 3.21. The molecule has 0 radical (unpaired) electrons. The fourth-order valence-corrected chi connectivity index (χ4v) is 4.49. The zero-order valence-corrected chi connectivity index (χ0v) is 14.0. The molecule has 2 fully saturated rings. The first-order valence-electron chi connectivity index (χ1n) is 7.60. The summed E-state index contributed by atoms with van der Waals surface area (Å²) in [7, 11) is 0. The van der Waals surface area contributed by atoms with E-state index < -0.39 is 16.6 Å². The van der Waals surface area contributed by atoms with Gasteiger partial charge in [0.25, 0.3) is 0 Å². The van der Waals surface area contributed by atoms with Gasteiger partial charge in [0.2, 0.25) is 0 Å². The van der Waals surface area contributed by atoms with E-state index in [9.17, 15) is 15.0 Å². The molecule has 0 aromatic rings. The van der Waals surface area contributed by atoms with E-state index in [1.165, 1.54) is 0 Å². The highest BCUT2D eigenvalue weighted by Gasteiger charge is 2.55. The maximum Gasteiger partial charge on any atom is 0.410 e. The quantitative estimate of drug-likeness (QED) is 0.813. The molecule has 6 heteroatoms. The molecule has 0 aliphatic carbocycles. The third-order valence-electron chi connectivity index (χ3n) is 4.52. The Hall–Kier alpha value is -0.460. The van der Waals surface area contributed by atoms with Crippen molar-refractivity contribution in [3.8, 4) is 0 Å². The van der Waals surface area contributed by atoms with Crippen LogP contribution in [0.2, 0.25) is 0 Å². The van der Waals surface area contributed by atoms with Crippen LogP contribution in [0.3, 0.4) is 0 Å². The summed E-state index contributed by atoms with van der Waals surface area (Å²) in [4.78, 5) is 13.8. The molecule has 2 N–H and O–H groups in total. The monoisotopic (exact) mass is 317 g/mol. The van der Waals surface area contributed by atoms with Crippen molar-refractivity contribution in [2.45, 2.75) is 51.2 Å². The van der Waals surface area contributed by atoms with Crippen LogP contribution in [0.1, 0.15) is 40.0 Å². The number of carbonyl (C=O) groups excluding carboxylic acids is 1. The first-order valence-corrected chi connectivity index (χ1v) is 8.76. The molecule has 5 nitrogen and oxygen atoms in total. The van der Waals surface area contributed by atoms with Crippen LogP contribution >= 0.6 is 11.8 Å². The lowest BCUT2D eigenvalue weighted by Gasteiger charge is -2.45. The molecule has 0 bridgehead atoms. The Bertz CT molecular complexity index is 390. The average molecular weight is 317 g/mol. The molecular weight excluding hydrogens is 290 g/mol. The van der Waals surface area contributed by atoms with Gasteiger partial charge in [-0.3, -0.25) is 0 Å². The zero-order valence-electron chi connectivity index (χ0n) is 13.2. The maximum atomic E-state index is 12.2. The molecule has 21 heavy (non-hydrogen) atoms. The second kappa shape index (κ2) is 5.97. The Labute approximate surface area is 131 Å². The highest BCUT2D eigenvalue weighted by Crippen LogP contribution is 2.46. The number of likely N-dealkylation sites (tertiary alicyclic amines) is 1. The minimum absolute atomic E-state index is 0.0939. The average Bonchev–Trinajstić information content (AvgIpc) is 2.84. The molecule has 0 aromatic carbocycles. The van der Waals surface area contributed by atoms with Crippen molar-refractivity contribution in [1.29, 1.82) is 0 Å². The number of carbonyl (C=O) groups is 1. The van der Waals surface area contributed by atoms with Crippen molar-refractivity contribution in [2.24, 2.45) is 5.41 Å². The van der Waals surface area contributed by atoms with Gasteiger partial charge >= 0.3 is 6.09 Å². The summed E-state index contributed by atoms with van der Waals surface area (Å²) < 4.78 is 5.40. The Morgan fingerprint density at radius 1 is 1.38 bits per heavy atom. The largest absolute Gasteiger partial charge is 0.444 e. The standard InChI is InChI=1S/C15H27NO4S/c1-13(2,3)20-12(18)16-7-6-14(9-16,10-17)15(19)5-4-8-21-11-15/h17,19H,4-11H2,1-3H3. The number of rotatable bonds is 2. The highest BCUT2D eigenvalue weighted by molar-refractivity contribution is 7.99. The summed E-state index contributed by atoms with van der Waals surface area (Å²) in [6, 6.07) is 0. The van der Waals surface area contributed by atoms with Gasteiger partial charge in [0.1, 0.15) is 5.60 Å². The second-order valence-corrected chi connectivity index (χ2v) is 8.38. The SMILES string of the molecule is CC(C)(C)OC(=O)N1CCC(CO)(C2(O)CCCSC2)C1. The van der Waals surface area contributed by atoms with E-state index in [0.717, 1.165) is 12.2 Å². The Morgan fingerprint density at radius 3 is 2.62 bits per heavy atom. The molecule has 2 rings (SSSR count). The van der Waals surface area contributed by atoms with Crippen molar-refractivity contribution in [3.63, 3.8) is 0 Å². The van der Waals surface area contributed by atoms with Gasteiger partial charge in [-0.15, -0.1) is 0 Å². The lowest BCUT2D eigenvalue weighted by Crippen LogP contribution is -2.55. The number of amides is 1. The van der Waals surface area contributed by atoms with Gasteiger partial charge in [-0.2, -0.15) is 11.8 Å². The van der Waals surface area contributed by atoms with Gasteiger partial charge in [-0.1, -0.05) is 0 Å². The fraction of sp³-hybridized carbons (Fsp3) is 0.933. The number of hydrogen-bond acceptors (Lipinski definition) is 5. The number of ether oxygens (including phenoxy) is 1. The molecule has 2 aliphatic heterocycles. The molecule has 122 valence electrons. The van der Waals surface area contributed by atoms with Gasteiger partial charge < -0.3 is 19.8 Å². The molecule has 0 spiro atoms. The van der Waals surface area contributed by atoms with E-state index in [4.69, 9.17) is 4.74 Å². The number of thioether (sulfide) groups is 1. The zero-order chi connectivity index (χ0) is 15.7. The van der Waals surface area contributed by atoms with E-state index in [1.807, 2.05) is 20.8 Å². The van der Waals surface area contributed by atoms with E-state index in [1.54, 1.807) is 16.7 Å². The number of aliphatic hydroxyl groups excluding tert-OH is 1. The van der Waals surface area contributed by atoms with E-state index in [2.05, 4.69) is 0 Å². The van der Waals surface area contributed by atoms with Crippen molar-refractivity contribution in [1.82, 2.24) is 4.90 Å². The lowest BCUT2D eigenvalue weighted by atomic mass is 9.70. The van der Waals surface area contributed by atoms with Crippen molar-refractivity contribution >= 4 is 17.9 Å². The first-order chi connectivity index (χ1) is 9.71. The van der Waals surface area contributed by atoms with Gasteiger partial charge in [0.15, 0.2) is 0 Å². The molecular formula is C15H27NO4S. The summed E-state index contributed by atoms with van der Waals surface area (Å²) in [5.41, 5.74) is -2.03. The van der Waals surface area contributed by atoms with Gasteiger partial charge in [0, 0.05) is 24.3 Å². The van der Waals surface area contributed by atoms with Crippen LogP contribution in [-0.4, -0.2) is 63.6 Å². The minimum atomic E-state index is -0.887. The topological polar surface area (TPSA) is 70.0 Å². The predicted molar refractivity (Wildman–Crippen MR) is 83.5 cm³/mol. The Morgan fingerprint density at radius 2 is 2.10 bits per heavy atom. The highest BCUT2D eigenvalue weighted by atomic mass is 32.2. The molecule has 1 amide bonds. The van der Waals surface area contributed by atoms with Gasteiger partial charge in [-0.05, 0) is 45.8 Å².